The molecule has 0 amide bonds. The van der Waals surface area contributed by atoms with Gasteiger partial charge in [0, 0.05) is 11.8 Å². The van der Waals surface area contributed by atoms with Crippen LogP contribution in [0.2, 0.25) is 5.15 Å². The highest BCUT2D eigenvalue weighted by molar-refractivity contribution is 6.32. The highest BCUT2D eigenvalue weighted by Crippen LogP contribution is 2.23. The van der Waals surface area contributed by atoms with Gasteiger partial charge in [-0.15, -0.1) is 0 Å². The van der Waals surface area contributed by atoms with E-state index in [1.807, 2.05) is 6.07 Å². The van der Waals surface area contributed by atoms with Crippen molar-refractivity contribution in [1.29, 1.82) is 0 Å². The van der Waals surface area contributed by atoms with E-state index in [9.17, 15) is 4.39 Å². The third-order valence-corrected chi connectivity index (χ3v) is 2.04. The lowest BCUT2D eigenvalue weighted by Crippen LogP contribution is -1.88. The third-order valence-electron chi connectivity index (χ3n) is 1.76. The largest absolute Gasteiger partial charge is 0.256 e. The molecule has 2 nitrogen and oxygen atoms in total. The Balaban J connectivity index is 2.53. The minimum atomic E-state index is -0.588. The number of aromatic nitrogens is 2. The van der Waals surface area contributed by atoms with E-state index in [1.54, 1.807) is 24.4 Å². The van der Waals surface area contributed by atoms with E-state index in [0.29, 0.717) is 11.3 Å². The minimum Gasteiger partial charge on any atom is -0.256 e. The molecule has 0 radical (unpaired) electrons. The van der Waals surface area contributed by atoms with Crippen LogP contribution < -0.4 is 0 Å². The Morgan fingerprint density at radius 1 is 1.14 bits per heavy atom. The molecule has 0 atom stereocenters. The van der Waals surface area contributed by atoms with Gasteiger partial charge in [-0.05, 0) is 24.3 Å². The molecule has 2 aromatic rings. The van der Waals surface area contributed by atoms with E-state index in [2.05, 4.69) is 9.97 Å². The maximum atomic E-state index is 12.6. The van der Waals surface area contributed by atoms with E-state index in [0.717, 1.165) is 0 Å². The fourth-order valence-corrected chi connectivity index (χ4v) is 1.37. The molecule has 0 N–H and O–H groups in total. The molecule has 0 fully saturated rings. The van der Waals surface area contributed by atoms with Crippen LogP contribution in [0.1, 0.15) is 0 Å². The van der Waals surface area contributed by atoms with Crippen molar-refractivity contribution in [3.05, 3.63) is 47.6 Å². The topological polar surface area (TPSA) is 25.8 Å². The molecule has 0 bridgehead atoms. The average molecular weight is 209 g/mol. The highest BCUT2D eigenvalue weighted by Gasteiger charge is 2.05. The Morgan fingerprint density at radius 2 is 2.00 bits per heavy atom. The average Bonchev–Trinajstić information content (AvgIpc) is 2.19. The van der Waals surface area contributed by atoms with Crippen LogP contribution in [0.3, 0.4) is 0 Å². The molecule has 0 unspecified atom stereocenters. The molecule has 0 saturated carbocycles. The Kier molecular flexibility index (Phi) is 2.41. The molecule has 0 aliphatic carbocycles. The predicted octanol–water partition coefficient (Wildman–Crippen LogP) is 2.94. The standard InChI is InChI=1S/C10H6ClFN2/c11-10-7(4-5-9(12)14-10)8-3-1-2-6-13-8/h1-6H. The number of hydrogen-bond acceptors (Lipinski definition) is 2. The molecule has 0 aliphatic rings. The van der Waals surface area contributed by atoms with Gasteiger partial charge in [0.15, 0.2) is 0 Å². The summed E-state index contributed by atoms with van der Waals surface area (Å²) in [6.07, 6.45) is 1.65. The van der Waals surface area contributed by atoms with Gasteiger partial charge >= 0.3 is 0 Å². The highest BCUT2D eigenvalue weighted by atomic mass is 35.5. The lowest BCUT2D eigenvalue weighted by atomic mass is 10.2. The molecule has 0 aromatic carbocycles. The fourth-order valence-electron chi connectivity index (χ4n) is 1.13. The van der Waals surface area contributed by atoms with Crippen molar-refractivity contribution >= 4 is 11.6 Å². The predicted molar refractivity (Wildman–Crippen MR) is 52.4 cm³/mol. The van der Waals surface area contributed by atoms with Gasteiger partial charge in [0.05, 0.1) is 5.69 Å². The second kappa shape index (κ2) is 3.72. The van der Waals surface area contributed by atoms with Gasteiger partial charge in [0.25, 0.3) is 0 Å². The van der Waals surface area contributed by atoms with Gasteiger partial charge in [-0.3, -0.25) is 4.98 Å². The molecule has 14 heavy (non-hydrogen) atoms. The van der Waals surface area contributed by atoms with E-state index in [4.69, 9.17) is 11.6 Å². The molecular weight excluding hydrogens is 203 g/mol. The number of rotatable bonds is 1. The Morgan fingerprint density at radius 3 is 2.64 bits per heavy atom. The van der Waals surface area contributed by atoms with Crippen molar-refractivity contribution in [2.75, 3.05) is 0 Å². The summed E-state index contributed by atoms with van der Waals surface area (Å²) in [5, 5.41) is 0.128. The lowest BCUT2D eigenvalue weighted by molar-refractivity contribution is 0.584. The van der Waals surface area contributed by atoms with Gasteiger partial charge in [-0.25, -0.2) is 4.98 Å². The molecule has 2 heterocycles. The number of nitrogens with zero attached hydrogens (tertiary/aromatic N) is 2. The van der Waals surface area contributed by atoms with Gasteiger partial charge in [-0.2, -0.15) is 4.39 Å². The van der Waals surface area contributed by atoms with Gasteiger partial charge in [0.2, 0.25) is 5.95 Å². The minimum absolute atomic E-state index is 0.128. The quantitative estimate of drug-likeness (QED) is 0.674. The normalized spacial score (nSPS) is 10.1. The molecule has 0 aliphatic heterocycles. The molecule has 4 heteroatoms. The summed E-state index contributed by atoms with van der Waals surface area (Å²) in [4.78, 5) is 7.60. The number of halogens is 2. The second-order valence-electron chi connectivity index (χ2n) is 2.69. The summed E-state index contributed by atoms with van der Waals surface area (Å²) in [5.41, 5.74) is 1.32. The van der Waals surface area contributed by atoms with Crippen LogP contribution in [0.15, 0.2) is 36.5 Å². The van der Waals surface area contributed by atoms with E-state index in [-0.39, 0.29) is 5.15 Å². The van der Waals surface area contributed by atoms with E-state index >= 15 is 0 Å². The Labute approximate surface area is 85.4 Å². The first-order valence-corrected chi connectivity index (χ1v) is 4.38. The maximum absolute atomic E-state index is 12.6. The summed E-state index contributed by atoms with van der Waals surface area (Å²) in [5.74, 6) is -0.588. The maximum Gasteiger partial charge on any atom is 0.214 e. The van der Waals surface area contributed by atoms with E-state index < -0.39 is 5.95 Å². The SMILES string of the molecule is Fc1ccc(-c2ccccn2)c(Cl)n1. The van der Waals surface area contributed by atoms with Crippen molar-refractivity contribution in [2.45, 2.75) is 0 Å². The summed E-state index contributed by atoms with van der Waals surface area (Å²) >= 11 is 5.77. The van der Waals surface area contributed by atoms with Crippen LogP contribution in [0.5, 0.6) is 0 Å². The smallest absolute Gasteiger partial charge is 0.214 e. The molecular formula is C10H6ClFN2. The first-order valence-electron chi connectivity index (χ1n) is 4.01. The van der Waals surface area contributed by atoms with Crippen molar-refractivity contribution < 1.29 is 4.39 Å². The van der Waals surface area contributed by atoms with Crippen LogP contribution in [0.25, 0.3) is 11.3 Å². The number of pyridine rings is 2. The Bertz CT molecular complexity index is 445. The monoisotopic (exact) mass is 208 g/mol. The summed E-state index contributed by atoms with van der Waals surface area (Å²) in [6, 6.07) is 8.25. The first-order chi connectivity index (χ1) is 6.77. The van der Waals surface area contributed by atoms with Crippen LogP contribution in [0, 0.1) is 5.95 Å². The third kappa shape index (κ3) is 1.72. The zero-order chi connectivity index (χ0) is 9.97. The van der Waals surface area contributed by atoms with Gasteiger partial charge in [-0.1, -0.05) is 17.7 Å². The van der Waals surface area contributed by atoms with E-state index in [1.165, 1.54) is 6.07 Å². The molecule has 2 rings (SSSR count). The van der Waals surface area contributed by atoms with Crippen molar-refractivity contribution in [3.8, 4) is 11.3 Å². The molecule has 0 spiro atoms. The fraction of sp³-hybridized carbons (Fsp3) is 0. The summed E-state index contributed by atoms with van der Waals surface area (Å²) in [6.45, 7) is 0. The zero-order valence-electron chi connectivity index (χ0n) is 7.11. The van der Waals surface area contributed by atoms with Crippen molar-refractivity contribution in [2.24, 2.45) is 0 Å². The lowest BCUT2D eigenvalue weighted by Gasteiger charge is -2.01. The Hall–Kier alpha value is -1.48. The zero-order valence-corrected chi connectivity index (χ0v) is 7.87. The number of hydrogen-bond donors (Lipinski definition) is 0. The van der Waals surface area contributed by atoms with Crippen LogP contribution in [0.4, 0.5) is 4.39 Å². The van der Waals surface area contributed by atoms with Crippen molar-refractivity contribution in [3.63, 3.8) is 0 Å². The second-order valence-corrected chi connectivity index (χ2v) is 3.05. The van der Waals surface area contributed by atoms with Crippen LogP contribution >= 0.6 is 11.6 Å². The van der Waals surface area contributed by atoms with Crippen LogP contribution in [-0.4, -0.2) is 9.97 Å². The molecule has 70 valence electrons. The summed E-state index contributed by atoms with van der Waals surface area (Å²) in [7, 11) is 0. The van der Waals surface area contributed by atoms with Crippen LogP contribution in [-0.2, 0) is 0 Å². The molecule has 0 saturated heterocycles. The van der Waals surface area contributed by atoms with Gasteiger partial charge < -0.3 is 0 Å². The van der Waals surface area contributed by atoms with Gasteiger partial charge in [0.1, 0.15) is 5.15 Å². The molecule has 2 aromatic heterocycles. The summed E-state index contributed by atoms with van der Waals surface area (Å²) < 4.78 is 12.6. The van der Waals surface area contributed by atoms with Crippen molar-refractivity contribution in [1.82, 2.24) is 9.97 Å². The first kappa shape index (κ1) is 9.09.